The van der Waals surface area contributed by atoms with Crippen molar-refractivity contribution in [2.24, 2.45) is 0 Å². The van der Waals surface area contributed by atoms with Gasteiger partial charge in [0.05, 0.1) is 0 Å². The number of benzene rings is 8. The van der Waals surface area contributed by atoms with Crippen molar-refractivity contribution < 1.29 is 0 Å². The molecule has 0 aliphatic rings. The average Bonchev–Trinajstić information content (AvgIpc) is 3.86. The molecule has 3 heterocycles. The van der Waals surface area contributed by atoms with Crippen LogP contribution >= 0.6 is 22.7 Å². The lowest BCUT2D eigenvalue weighted by molar-refractivity contribution is 1.08. The van der Waals surface area contributed by atoms with Crippen LogP contribution in [0.5, 0.6) is 0 Å². The molecule has 0 atom stereocenters. The second-order valence-corrected chi connectivity index (χ2v) is 16.1. The molecule has 3 nitrogen and oxygen atoms in total. The summed E-state index contributed by atoms with van der Waals surface area (Å²) in [7, 11) is 0. The van der Waals surface area contributed by atoms with E-state index in [2.05, 4.69) is 164 Å². The molecule has 0 N–H and O–H groups in total. The molecule has 0 spiro atoms. The second-order valence-electron chi connectivity index (χ2n) is 13.9. The van der Waals surface area contributed by atoms with E-state index in [1.807, 2.05) is 46.9 Å². The Bertz CT molecular complexity index is 3240. The Kier molecular flexibility index (Phi) is 7.87. The SMILES string of the molecule is c1ccc(-c2cccc(-c3nc(-c4ccccc4)nc(-c4cccc5sc6cc(-c7ccc(-c8ccccc8)c8sc9ccccc9c78)ccc6c45)n3)c2)cc1. The van der Waals surface area contributed by atoms with Crippen LogP contribution in [-0.2, 0) is 0 Å². The van der Waals surface area contributed by atoms with E-state index in [1.165, 1.54) is 62.6 Å². The van der Waals surface area contributed by atoms with Crippen molar-refractivity contribution in [1.82, 2.24) is 15.0 Å². The highest BCUT2D eigenvalue weighted by molar-refractivity contribution is 7.26. The minimum absolute atomic E-state index is 0.649. The van der Waals surface area contributed by atoms with E-state index >= 15 is 0 Å². The van der Waals surface area contributed by atoms with Crippen LogP contribution in [0, 0.1) is 0 Å². The second kappa shape index (κ2) is 13.5. The van der Waals surface area contributed by atoms with Gasteiger partial charge in [-0.1, -0.05) is 164 Å². The van der Waals surface area contributed by atoms with Gasteiger partial charge in [-0.2, -0.15) is 0 Å². The zero-order chi connectivity index (χ0) is 37.0. The highest BCUT2D eigenvalue weighted by Gasteiger charge is 2.20. The summed E-state index contributed by atoms with van der Waals surface area (Å²) in [4.78, 5) is 15.4. The molecule has 56 heavy (non-hydrogen) atoms. The molecule has 8 aromatic carbocycles. The Morgan fingerprint density at radius 3 is 1.68 bits per heavy atom. The maximum atomic E-state index is 5.21. The summed E-state index contributed by atoms with van der Waals surface area (Å²) in [5.41, 5.74) is 10.2. The van der Waals surface area contributed by atoms with Crippen LogP contribution in [0.4, 0.5) is 0 Å². The first-order chi connectivity index (χ1) is 27.7. The molecule has 0 saturated carbocycles. The Balaban J connectivity index is 1.08. The van der Waals surface area contributed by atoms with E-state index in [4.69, 9.17) is 15.0 Å². The fraction of sp³-hybridized carbons (Fsp3) is 0. The first-order valence-electron chi connectivity index (χ1n) is 18.7. The first-order valence-corrected chi connectivity index (χ1v) is 20.3. The highest BCUT2D eigenvalue weighted by atomic mass is 32.1. The van der Waals surface area contributed by atoms with Crippen LogP contribution in [0.25, 0.3) is 108 Å². The van der Waals surface area contributed by atoms with E-state index < -0.39 is 0 Å². The van der Waals surface area contributed by atoms with Crippen molar-refractivity contribution in [3.63, 3.8) is 0 Å². The largest absolute Gasteiger partial charge is 0.208 e. The van der Waals surface area contributed by atoms with Gasteiger partial charge in [-0.05, 0) is 57.6 Å². The number of hydrogen-bond donors (Lipinski definition) is 0. The van der Waals surface area contributed by atoms with E-state index in [1.54, 1.807) is 0 Å². The molecular weight excluding hydrogens is 719 g/mol. The molecule has 5 heteroatoms. The average molecular weight is 750 g/mol. The molecule has 0 aliphatic carbocycles. The monoisotopic (exact) mass is 749 g/mol. The van der Waals surface area contributed by atoms with Crippen LogP contribution in [0.3, 0.4) is 0 Å². The number of rotatable bonds is 6. The predicted octanol–water partition coefficient (Wildman–Crippen LogP) is 14.6. The lowest BCUT2D eigenvalue weighted by atomic mass is 9.94. The Labute approximate surface area is 331 Å². The van der Waals surface area contributed by atoms with E-state index in [0.29, 0.717) is 17.5 Å². The molecule has 0 saturated heterocycles. The summed E-state index contributed by atoms with van der Waals surface area (Å²) in [5, 5.41) is 4.98. The fourth-order valence-corrected chi connectivity index (χ4v) is 10.3. The van der Waals surface area contributed by atoms with Crippen molar-refractivity contribution in [2.75, 3.05) is 0 Å². The molecule has 3 aromatic heterocycles. The normalized spacial score (nSPS) is 11.6. The number of fused-ring (bicyclic) bond motifs is 6. The molecule has 11 rings (SSSR count). The van der Waals surface area contributed by atoms with Gasteiger partial charge in [0, 0.05) is 57.0 Å². The summed E-state index contributed by atoms with van der Waals surface area (Å²) in [5.74, 6) is 1.97. The van der Waals surface area contributed by atoms with Gasteiger partial charge < -0.3 is 0 Å². The van der Waals surface area contributed by atoms with Gasteiger partial charge in [-0.3, -0.25) is 0 Å². The van der Waals surface area contributed by atoms with Gasteiger partial charge in [0.15, 0.2) is 17.5 Å². The quantitative estimate of drug-likeness (QED) is 0.170. The molecule has 0 amide bonds. The standard InChI is InChI=1S/C51H31N3S2/c1-4-14-32(15-5-1)35-20-12-21-37(30-35)50-52-49(34-18-8-3-9-19-34)53-51(54-50)42-23-13-25-44-46(42)41-27-26-36(31-45(41)55-44)38-28-29-39(33-16-6-2-7-17-33)48-47(38)40-22-10-11-24-43(40)56-48/h1-31H. The Morgan fingerprint density at radius 2 is 0.875 bits per heavy atom. The van der Waals surface area contributed by atoms with Crippen molar-refractivity contribution in [2.45, 2.75) is 0 Å². The van der Waals surface area contributed by atoms with Crippen molar-refractivity contribution in [1.29, 1.82) is 0 Å². The number of thiophene rings is 2. The summed E-state index contributed by atoms with van der Waals surface area (Å²) < 4.78 is 5.06. The molecule has 0 radical (unpaired) electrons. The fourth-order valence-electron chi connectivity index (χ4n) is 7.90. The third-order valence-electron chi connectivity index (χ3n) is 10.6. The van der Waals surface area contributed by atoms with Crippen LogP contribution in [0.2, 0.25) is 0 Å². The third-order valence-corrected chi connectivity index (χ3v) is 12.9. The van der Waals surface area contributed by atoms with Crippen LogP contribution in [0.1, 0.15) is 0 Å². The molecular formula is C51H31N3S2. The molecule has 0 bridgehead atoms. The van der Waals surface area contributed by atoms with Crippen LogP contribution in [0.15, 0.2) is 188 Å². The van der Waals surface area contributed by atoms with Crippen molar-refractivity contribution in [3.05, 3.63) is 188 Å². The molecule has 0 fully saturated rings. The van der Waals surface area contributed by atoms with Crippen LogP contribution < -0.4 is 0 Å². The van der Waals surface area contributed by atoms with E-state index in [-0.39, 0.29) is 0 Å². The topological polar surface area (TPSA) is 38.7 Å². The van der Waals surface area contributed by atoms with E-state index in [0.717, 1.165) is 27.8 Å². The van der Waals surface area contributed by atoms with Gasteiger partial charge in [-0.25, -0.2) is 15.0 Å². The van der Waals surface area contributed by atoms with Gasteiger partial charge in [0.1, 0.15) is 0 Å². The van der Waals surface area contributed by atoms with E-state index in [9.17, 15) is 0 Å². The minimum Gasteiger partial charge on any atom is -0.208 e. The zero-order valence-electron chi connectivity index (χ0n) is 30.1. The molecule has 0 aliphatic heterocycles. The van der Waals surface area contributed by atoms with Gasteiger partial charge in [0.25, 0.3) is 0 Å². The third kappa shape index (κ3) is 5.60. The molecule has 262 valence electrons. The smallest absolute Gasteiger partial charge is 0.164 e. The van der Waals surface area contributed by atoms with Crippen molar-refractivity contribution >= 4 is 63.0 Å². The van der Waals surface area contributed by atoms with Crippen molar-refractivity contribution in [3.8, 4) is 67.5 Å². The van der Waals surface area contributed by atoms with Crippen LogP contribution in [-0.4, -0.2) is 15.0 Å². The lowest BCUT2D eigenvalue weighted by Gasteiger charge is -2.11. The summed E-state index contributed by atoms with van der Waals surface area (Å²) in [6.07, 6.45) is 0. The zero-order valence-corrected chi connectivity index (χ0v) is 31.7. The maximum absolute atomic E-state index is 5.21. The highest BCUT2D eigenvalue weighted by Crippen LogP contribution is 2.47. The molecule has 0 unspecified atom stereocenters. The van der Waals surface area contributed by atoms with Gasteiger partial charge in [-0.15, -0.1) is 22.7 Å². The Hall–Kier alpha value is -6.79. The molecule has 11 aromatic rings. The summed E-state index contributed by atoms with van der Waals surface area (Å²) in [6.45, 7) is 0. The summed E-state index contributed by atoms with van der Waals surface area (Å²) >= 11 is 3.70. The van der Waals surface area contributed by atoms with Gasteiger partial charge >= 0.3 is 0 Å². The van der Waals surface area contributed by atoms with Gasteiger partial charge in [0.2, 0.25) is 0 Å². The number of hydrogen-bond acceptors (Lipinski definition) is 5. The number of nitrogens with zero attached hydrogens (tertiary/aromatic N) is 3. The first kappa shape index (κ1) is 32.6. The predicted molar refractivity (Wildman–Crippen MR) is 238 cm³/mol. The summed E-state index contributed by atoms with van der Waals surface area (Å²) in [6, 6.07) is 66.7. The maximum Gasteiger partial charge on any atom is 0.164 e. The lowest BCUT2D eigenvalue weighted by Crippen LogP contribution is -2.00. The number of aromatic nitrogens is 3. The minimum atomic E-state index is 0.649. The Morgan fingerprint density at radius 1 is 0.286 bits per heavy atom.